The van der Waals surface area contributed by atoms with Gasteiger partial charge in [-0.1, -0.05) is 62.9 Å². The Morgan fingerprint density at radius 2 is 1.73 bits per heavy atom. The molecule has 4 heteroatoms. The molecule has 1 N–H and O–H groups in total. The van der Waals surface area contributed by atoms with E-state index in [0.29, 0.717) is 6.61 Å². The van der Waals surface area contributed by atoms with Gasteiger partial charge >= 0.3 is 0 Å². The number of rotatable bonds is 7. The van der Waals surface area contributed by atoms with Gasteiger partial charge in [0.2, 0.25) is 5.91 Å². The Labute approximate surface area is 199 Å². The van der Waals surface area contributed by atoms with Crippen LogP contribution in [0.25, 0.3) is 0 Å². The summed E-state index contributed by atoms with van der Waals surface area (Å²) < 4.78 is 6.00. The monoisotopic (exact) mass is 448 g/mol. The van der Waals surface area contributed by atoms with Crippen LogP contribution in [0.15, 0.2) is 48.5 Å². The van der Waals surface area contributed by atoms with Crippen LogP contribution in [0.2, 0.25) is 0 Å². The zero-order valence-electron chi connectivity index (χ0n) is 20.6. The summed E-state index contributed by atoms with van der Waals surface area (Å²) in [6.07, 6.45) is 6.57. The number of anilines is 1. The number of carbonyl (C=O) groups is 1. The molecule has 1 saturated heterocycles. The third-order valence-electron chi connectivity index (χ3n) is 7.45. The SMILES string of the molecule is Cc1cccc(C2(C(=O)Nc3ccc(OCCN4C[C@H](C)C[C@H](C)C4)cc3)CCCCC2)c1. The van der Waals surface area contributed by atoms with Gasteiger partial charge in [0.25, 0.3) is 0 Å². The fraction of sp³-hybridized carbons (Fsp3) is 0.552. The Morgan fingerprint density at radius 1 is 1.03 bits per heavy atom. The molecule has 0 bridgehead atoms. The van der Waals surface area contributed by atoms with E-state index in [1.54, 1.807) is 0 Å². The normalized spacial score (nSPS) is 23.1. The number of benzene rings is 2. The molecule has 0 radical (unpaired) electrons. The Kier molecular flexibility index (Phi) is 7.75. The van der Waals surface area contributed by atoms with E-state index in [1.807, 2.05) is 24.3 Å². The molecule has 1 heterocycles. The highest BCUT2D eigenvalue weighted by Gasteiger charge is 2.41. The van der Waals surface area contributed by atoms with Gasteiger partial charge in [0, 0.05) is 25.3 Å². The Bertz CT molecular complexity index is 907. The summed E-state index contributed by atoms with van der Waals surface area (Å²) >= 11 is 0. The number of nitrogens with zero attached hydrogens (tertiary/aromatic N) is 1. The summed E-state index contributed by atoms with van der Waals surface area (Å²) in [7, 11) is 0. The molecule has 2 fully saturated rings. The molecular formula is C29H40N2O2. The number of carbonyl (C=O) groups excluding carboxylic acids is 1. The minimum atomic E-state index is -0.428. The lowest BCUT2D eigenvalue weighted by Gasteiger charge is -2.36. The first-order chi connectivity index (χ1) is 15.9. The molecule has 0 aromatic heterocycles. The number of likely N-dealkylation sites (tertiary alicyclic amines) is 1. The lowest BCUT2D eigenvalue weighted by Crippen LogP contribution is -2.42. The Morgan fingerprint density at radius 3 is 2.39 bits per heavy atom. The van der Waals surface area contributed by atoms with Crippen LogP contribution in [0.4, 0.5) is 5.69 Å². The first kappa shape index (κ1) is 23.8. The quantitative estimate of drug-likeness (QED) is 0.549. The van der Waals surface area contributed by atoms with Crippen molar-refractivity contribution in [3.63, 3.8) is 0 Å². The predicted octanol–water partition coefficient (Wildman–Crippen LogP) is 6.19. The smallest absolute Gasteiger partial charge is 0.235 e. The second kappa shape index (κ2) is 10.7. The highest BCUT2D eigenvalue weighted by molar-refractivity contribution is 5.99. The maximum Gasteiger partial charge on any atom is 0.235 e. The van der Waals surface area contributed by atoms with E-state index in [1.165, 1.54) is 31.5 Å². The molecule has 0 spiro atoms. The van der Waals surface area contributed by atoms with Crippen molar-refractivity contribution in [2.75, 3.05) is 31.6 Å². The van der Waals surface area contributed by atoms with Crippen LogP contribution >= 0.6 is 0 Å². The van der Waals surface area contributed by atoms with Gasteiger partial charge in [0.1, 0.15) is 12.4 Å². The van der Waals surface area contributed by atoms with Crippen LogP contribution in [-0.4, -0.2) is 37.0 Å². The number of piperidine rings is 1. The molecule has 4 rings (SSSR count). The van der Waals surface area contributed by atoms with Gasteiger partial charge in [-0.3, -0.25) is 9.69 Å². The number of ether oxygens (including phenoxy) is 1. The van der Waals surface area contributed by atoms with Crippen LogP contribution in [0.3, 0.4) is 0 Å². The van der Waals surface area contributed by atoms with Gasteiger partial charge < -0.3 is 10.1 Å². The van der Waals surface area contributed by atoms with Crippen molar-refractivity contribution in [2.24, 2.45) is 11.8 Å². The number of hydrogen-bond donors (Lipinski definition) is 1. The zero-order valence-corrected chi connectivity index (χ0v) is 20.6. The zero-order chi connectivity index (χ0) is 23.3. The standard InChI is InChI=1S/C29H40N2O2/c1-22-8-7-9-25(19-22)29(14-5-4-6-15-29)28(32)30-26-10-12-27(13-11-26)33-17-16-31-20-23(2)18-24(3)21-31/h7-13,19,23-24H,4-6,14-18,20-21H2,1-3H3,(H,30,32)/t23-,24+. The van der Waals surface area contributed by atoms with Gasteiger partial charge in [-0.15, -0.1) is 0 Å². The molecule has 1 saturated carbocycles. The fourth-order valence-electron chi connectivity index (χ4n) is 5.90. The summed E-state index contributed by atoms with van der Waals surface area (Å²) in [5.41, 5.74) is 2.77. The first-order valence-electron chi connectivity index (χ1n) is 12.8. The topological polar surface area (TPSA) is 41.6 Å². The maximum absolute atomic E-state index is 13.5. The molecule has 1 amide bonds. The van der Waals surface area contributed by atoms with Crippen LogP contribution < -0.4 is 10.1 Å². The molecular weight excluding hydrogens is 408 g/mol. The summed E-state index contributed by atoms with van der Waals surface area (Å²) in [5, 5.41) is 3.21. The van der Waals surface area contributed by atoms with Crippen LogP contribution in [0.5, 0.6) is 5.75 Å². The summed E-state index contributed by atoms with van der Waals surface area (Å²) in [4.78, 5) is 16.1. The van der Waals surface area contributed by atoms with Crippen molar-refractivity contribution in [2.45, 2.75) is 64.7 Å². The molecule has 2 atom stereocenters. The van der Waals surface area contributed by atoms with E-state index >= 15 is 0 Å². The van der Waals surface area contributed by atoms with Crippen LogP contribution in [-0.2, 0) is 10.2 Å². The van der Waals surface area contributed by atoms with E-state index in [2.05, 4.69) is 55.3 Å². The van der Waals surface area contributed by atoms with Crippen LogP contribution in [0.1, 0.15) is 63.5 Å². The minimum absolute atomic E-state index is 0.120. The van der Waals surface area contributed by atoms with Gasteiger partial charge in [0.15, 0.2) is 0 Å². The number of aryl methyl sites for hydroxylation is 1. The Hall–Kier alpha value is -2.33. The number of hydrogen-bond acceptors (Lipinski definition) is 3. The van der Waals surface area contributed by atoms with Crippen molar-refractivity contribution in [3.8, 4) is 5.75 Å². The lowest BCUT2D eigenvalue weighted by molar-refractivity contribution is -0.122. The molecule has 2 aromatic rings. The van der Waals surface area contributed by atoms with Gasteiger partial charge in [-0.25, -0.2) is 0 Å². The van der Waals surface area contributed by atoms with Crippen molar-refractivity contribution < 1.29 is 9.53 Å². The van der Waals surface area contributed by atoms with E-state index in [0.717, 1.165) is 61.1 Å². The van der Waals surface area contributed by atoms with Gasteiger partial charge in [0.05, 0.1) is 5.41 Å². The van der Waals surface area contributed by atoms with E-state index in [9.17, 15) is 4.79 Å². The minimum Gasteiger partial charge on any atom is -0.492 e. The molecule has 4 nitrogen and oxygen atoms in total. The second-order valence-corrected chi connectivity index (χ2v) is 10.5. The van der Waals surface area contributed by atoms with Crippen molar-refractivity contribution in [1.29, 1.82) is 0 Å². The van der Waals surface area contributed by atoms with Crippen molar-refractivity contribution in [1.82, 2.24) is 4.90 Å². The van der Waals surface area contributed by atoms with Crippen molar-refractivity contribution >= 4 is 11.6 Å². The third-order valence-corrected chi connectivity index (χ3v) is 7.45. The summed E-state index contributed by atoms with van der Waals surface area (Å²) in [6.45, 7) is 10.8. The van der Waals surface area contributed by atoms with E-state index in [-0.39, 0.29) is 5.91 Å². The largest absolute Gasteiger partial charge is 0.492 e. The molecule has 1 aliphatic heterocycles. The molecule has 33 heavy (non-hydrogen) atoms. The fourth-order valence-corrected chi connectivity index (χ4v) is 5.90. The molecule has 1 aliphatic carbocycles. The highest BCUT2D eigenvalue weighted by atomic mass is 16.5. The average molecular weight is 449 g/mol. The van der Waals surface area contributed by atoms with E-state index in [4.69, 9.17) is 4.74 Å². The van der Waals surface area contributed by atoms with Gasteiger partial charge in [-0.2, -0.15) is 0 Å². The molecule has 2 aliphatic rings. The molecule has 2 aromatic carbocycles. The molecule has 0 unspecified atom stereocenters. The summed E-state index contributed by atoms with van der Waals surface area (Å²) in [6, 6.07) is 16.4. The second-order valence-electron chi connectivity index (χ2n) is 10.5. The predicted molar refractivity (Wildman–Crippen MR) is 136 cm³/mol. The molecule has 178 valence electrons. The third kappa shape index (κ3) is 5.97. The lowest BCUT2D eigenvalue weighted by atomic mass is 9.68. The highest BCUT2D eigenvalue weighted by Crippen LogP contribution is 2.41. The average Bonchev–Trinajstić information content (AvgIpc) is 2.80. The number of amides is 1. The van der Waals surface area contributed by atoms with Crippen molar-refractivity contribution in [3.05, 3.63) is 59.7 Å². The maximum atomic E-state index is 13.5. The van der Waals surface area contributed by atoms with Crippen LogP contribution in [0, 0.1) is 18.8 Å². The van der Waals surface area contributed by atoms with Gasteiger partial charge in [-0.05, 0) is 67.9 Å². The van der Waals surface area contributed by atoms with E-state index < -0.39 is 5.41 Å². The Balaban J connectivity index is 1.35. The number of nitrogens with one attached hydrogen (secondary N) is 1. The summed E-state index contributed by atoms with van der Waals surface area (Å²) in [5.74, 6) is 2.51. The first-order valence-corrected chi connectivity index (χ1v) is 12.8.